The van der Waals surface area contributed by atoms with Crippen molar-refractivity contribution >= 4 is 17.5 Å². The van der Waals surface area contributed by atoms with Crippen molar-refractivity contribution < 1.29 is 9.21 Å². The third-order valence-electron chi connectivity index (χ3n) is 3.77. The third kappa shape index (κ3) is 5.34. The summed E-state index contributed by atoms with van der Waals surface area (Å²) >= 11 is 5.90. The van der Waals surface area contributed by atoms with Gasteiger partial charge in [0.25, 0.3) is 0 Å². The third-order valence-corrected chi connectivity index (χ3v) is 4.02. The largest absolute Gasteiger partial charge is 0.423 e. The molecule has 2 unspecified atom stereocenters. The molecular formula is C18H24ClN3O2. The van der Waals surface area contributed by atoms with Crippen LogP contribution in [0.5, 0.6) is 0 Å². The standard InChI is InChI=1S/C18H24ClN3O2/c1-11(2)9-16(18-22-21-13(4)24-18)20-17(23)12(3)10-14-5-7-15(19)8-6-14/h5-8,11-12,16H,9-10H2,1-4H3,(H,20,23). The molecule has 1 heterocycles. The number of nitrogens with zero attached hydrogens (tertiary/aromatic N) is 2. The lowest BCUT2D eigenvalue weighted by molar-refractivity contribution is -0.125. The zero-order valence-corrected chi connectivity index (χ0v) is 15.3. The number of nitrogens with one attached hydrogen (secondary N) is 1. The fraction of sp³-hybridized carbons (Fsp3) is 0.500. The Morgan fingerprint density at radius 1 is 1.21 bits per heavy atom. The number of benzene rings is 1. The molecule has 6 heteroatoms. The molecule has 0 aliphatic carbocycles. The van der Waals surface area contributed by atoms with Crippen molar-refractivity contribution in [1.29, 1.82) is 0 Å². The van der Waals surface area contributed by atoms with Crippen LogP contribution in [0.1, 0.15) is 50.6 Å². The summed E-state index contributed by atoms with van der Waals surface area (Å²) in [6.07, 6.45) is 1.40. The van der Waals surface area contributed by atoms with Gasteiger partial charge in [-0.15, -0.1) is 10.2 Å². The normalized spacial score (nSPS) is 13.8. The van der Waals surface area contributed by atoms with E-state index in [0.29, 0.717) is 29.1 Å². The van der Waals surface area contributed by atoms with Crippen molar-refractivity contribution in [3.8, 4) is 0 Å². The van der Waals surface area contributed by atoms with Crippen LogP contribution in [0.25, 0.3) is 0 Å². The van der Waals surface area contributed by atoms with Gasteiger partial charge in [-0.25, -0.2) is 0 Å². The Labute approximate surface area is 147 Å². The van der Waals surface area contributed by atoms with Gasteiger partial charge in [-0.3, -0.25) is 4.79 Å². The number of aryl methyl sites for hydroxylation is 1. The van der Waals surface area contributed by atoms with E-state index < -0.39 is 0 Å². The van der Waals surface area contributed by atoms with Crippen LogP contribution in [-0.2, 0) is 11.2 Å². The SMILES string of the molecule is Cc1nnc(C(CC(C)C)NC(=O)C(C)Cc2ccc(Cl)cc2)o1. The lowest BCUT2D eigenvalue weighted by Gasteiger charge is -2.20. The minimum absolute atomic E-state index is 0.0218. The fourth-order valence-corrected chi connectivity index (χ4v) is 2.65. The molecule has 0 radical (unpaired) electrons. The summed E-state index contributed by atoms with van der Waals surface area (Å²) in [5.41, 5.74) is 1.08. The highest BCUT2D eigenvalue weighted by Crippen LogP contribution is 2.21. The summed E-state index contributed by atoms with van der Waals surface area (Å²) < 4.78 is 5.51. The number of amides is 1. The van der Waals surface area contributed by atoms with E-state index in [-0.39, 0.29) is 17.9 Å². The van der Waals surface area contributed by atoms with Crippen LogP contribution >= 0.6 is 11.6 Å². The predicted molar refractivity (Wildman–Crippen MR) is 93.7 cm³/mol. The first-order chi connectivity index (χ1) is 11.3. The maximum Gasteiger partial charge on any atom is 0.238 e. The molecule has 0 aliphatic heterocycles. The van der Waals surface area contributed by atoms with Crippen LogP contribution in [-0.4, -0.2) is 16.1 Å². The molecule has 2 aromatic rings. The van der Waals surface area contributed by atoms with E-state index in [0.717, 1.165) is 12.0 Å². The Morgan fingerprint density at radius 3 is 2.42 bits per heavy atom. The molecule has 0 fully saturated rings. The summed E-state index contributed by atoms with van der Waals surface area (Å²) in [4.78, 5) is 12.6. The van der Waals surface area contributed by atoms with Crippen LogP contribution in [0, 0.1) is 18.8 Å². The van der Waals surface area contributed by atoms with Crippen LogP contribution in [0.2, 0.25) is 5.02 Å². The maximum atomic E-state index is 12.6. The van der Waals surface area contributed by atoms with Gasteiger partial charge >= 0.3 is 0 Å². The number of rotatable bonds is 7. The van der Waals surface area contributed by atoms with Gasteiger partial charge in [0.1, 0.15) is 6.04 Å². The second-order valence-corrected chi connectivity index (χ2v) is 7.02. The van der Waals surface area contributed by atoms with E-state index in [1.54, 1.807) is 6.92 Å². The van der Waals surface area contributed by atoms with Crippen molar-refractivity contribution in [2.24, 2.45) is 11.8 Å². The number of carbonyl (C=O) groups excluding carboxylic acids is 1. The molecule has 1 aromatic heterocycles. The molecule has 1 aromatic carbocycles. The number of halogens is 1. The molecule has 2 rings (SSSR count). The van der Waals surface area contributed by atoms with E-state index in [1.807, 2.05) is 31.2 Å². The first kappa shape index (κ1) is 18.5. The van der Waals surface area contributed by atoms with E-state index in [4.69, 9.17) is 16.0 Å². The van der Waals surface area contributed by atoms with Crippen molar-refractivity contribution in [1.82, 2.24) is 15.5 Å². The zero-order valence-electron chi connectivity index (χ0n) is 14.5. The molecule has 1 amide bonds. The summed E-state index contributed by atoms with van der Waals surface area (Å²) in [5.74, 6) is 1.18. The van der Waals surface area contributed by atoms with Crippen molar-refractivity contribution in [2.75, 3.05) is 0 Å². The summed E-state index contributed by atoms with van der Waals surface area (Å²) in [6.45, 7) is 7.85. The zero-order chi connectivity index (χ0) is 17.7. The summed E-state index contributed by atoms with van der Waals surface area (Å²) in [7, 11) is 0. The number of aromatic nitrogens is 2. The van der Waals surface area contributed by atoms with E-state index in [1.165, 1.54) is 0 Å². The first-order valence-corrected chi connectivity index (χ1v) is 8.57. The Morgan fingerprint density at radius 2 is 1.88 bits per heavy atom. The Balaban J connectivity index is 2.01. The fourth-order valence-electron chi connectivity index (χ4n) is 2.53. The van der Waals surface area contributed by atoms with Gasteiger partial charge in [-0.1, -0.05) is 44.5 Å². The van der Waals surface area contributed by atoms with Gasteiger partial charge in [0, 0.05) is 17.9 Å². The van der Waals surface area contributed by atoms with Crippen molar-refractivity contribution in [2.45, 2.75) is 46.6 Å². The summed E-state index contributed by atoms with van der Waals surface area (Å²) in [5, 5.41) is 11.7. The van der Waals surface area contributed by atoms with Gasteiger partial charge in [0.05, 0.1) is 0 Å². The van der Waals surface area contributed by atoms with E-state index >= 15 is 0 Å². The van der Waals surface area contributed by atoms with Crippen LogP contribution in [0.3, 0.4) is 0 Å². The minimum atomic E-state index is -0.258. The molecule has 5 nitrogen and oxygen atoms in total. The topological polar surface area (TPSA) is 68.0 Å². The second kappa shape index (κ2) is 8.29. The lowest BCUT2D eigenvalue weighted by atomic mass is 9.98. The molecule has 1 N–H and O–H groups in total. The molecule has 0 bridgehead atoms. The van der Waals surface area contributed by atoms with E-state index in [9.17, 15) is 4.79 Å². The van der Waals surface area contributed by atoms with Gasteiger partial charge in [0.2, 0.25) is 17.7 Å². The lowest BCUT2D eigenvalue weighted by Crippen LogP contribution is -2.34. The monoisotopic (exact) mass is 349 g/mol. The Kier molecular flexibility index (Phi) is 6.37. The van der Waals surface area contributed by atoms with Crippen molar-refractivity contribution in [3.63, 3.8) is 0 Å². The maximum absolute atomic E-state index is 12.6. The number of carbonyl (C=O) groups is 1. The summed E-state index contributed by atoms with van der Waals surface area (Å²) in [6, 6.07) is 7.30. The van der Waals surface area contributed by atoms with Crippen LogP contribution < -0.4 is 5.32 Å². The van der Waals surface area contributed by atoms with Gasteiger partial charge in [-0.05, 0) is 36.5 Å². The van der Waals surface area contributed by atoms with Crippen LogP contribution in [0.4, 0.5) is 0 Å². The van der Waals surface area contributed by atoms with Gasteiger partial charge in [0.15, 0.2) is 0 Å². The molecule has 130 valence electrons. The molecule has 0 aliphatic rings. The molecule has 2 atom stereocenters. The molecule has 0 spiro atoms. The van der Waals surface area contributed by atoms with Crippen molar-refractivity contribution in [3.05, 3.63) is 46.6 Å². The second-order valence-electron chi connectivity index (χ2n) is 6.58. The highest BCUT2D eigenvalue weighted by atomic mass is 35.5. The molecule has 24 heavy (non-hydrogen) atoms. The van der Waals surface area contributed by atoms with Gasteiger partial charge in [-0.2, -0.15) is 0 Å². The minimum Gasteiger partial charge on any atom is -0.423 e. The van der Waals surface area contributed by atoms with E-state index in [2.05, 4.69) is 29.4 Å². The first-order valence-electron chi connectivity index (χ1n) is 8.20. The highest BCUT2D eigenvalue weighted by Gasteiger charge is 2.24. The average molecular weight is 350 g/mol. The predicted octanol–water partition coefficient (Wildman–Crippen LogP) is 4.11. The highest BCUT2D eigenvalue weighted by molar-refractivity contribution is 6.30. The Bertz CT molecular complexity index is 667. The molecular weight excluding hydrogens is 326 g/mol. The number of hydrogen-bond donors (Lipinski definition) is 1. The average Bonchev–Trinajstić information content (AvgIpc) is 2.95. The van der Waals surface area contributed by atoms with Crippen LogP contribution in [0.15, 0.2) is 28.7 Å². The quantitative estimate of drug-likeness (QED) is 0.816. The number of hydrogen-bond acceptors (Lipinski definition) is 4. The Hall–Kier alpha value is -1.88. The van der Waals surface area contributed by atoms with Gasteiger partial charge < -0.3 is 9.73 Å². The molecule has 0 saturated carbocycles. The smallest absolute Gasteiger partial charge is 0.238 e. The molecule has 0 saturated heterocycles.